The highest BCUT2D eigenvalue weighted by molar-refractivity contribution is 6.05. The van der Waals surface area contributed by atoms with Gasteiger partial charge in [0.15, 0.2) is 0 Å². The van der Waals surface area contributed by atoms with Gasteiger partial charge in [0.05, 0.1) is 5.56 Å². The lowest BCUT2D eigenvalue weighted by Crippen LogP contribution is -2.14. The quantitative estimate of drug-likeness (QED) is 0.775. The highest BCUT2D eigenvalue weighted by Crippen LogP contribution is 2.25. The van der Waals surface area contributed by atoms with E-state index in [2.05, 4.69) is 10.3 Å². The van der Waals surface area contributed by atoms with Gasteiger partial charge in [0, 0.05) is 6.20 Å². The molecule has 3 rings (SSSR count). The molecule has 23 heavy (non-hydrogen) atoms. The molecule has 0 saturated carbocycles. The molecule has 1 amide bonds. The van der Waals surface area contributed by atoms with E-state index in [1.54, 1.807) is 24.4 Å². The smallest absolute Gasteiger partial charge is 0.260 e. The van der Waals surface area contributed by atoms with E-state index < -0.39 is 0 Å². The molecule has 0 saturated heterocycles. The van der Waals surface area contributed by atoms with Gasteiger partial charge in [0.2, 0.25) is 0 Å². The molecule has 0 atom stereocenters. The lowest BCUT2D eigenvalue weighted by molar-refractivity contribution is 0.102. The molecule has 114 valence electrons. The van der Waals surface area contributed by atoms with Crippen molar-refractivity contribution in [3.8, 4) is 11.5 Å². The fraction of sp³-hybridized carbons (Fsp3) is 0.0526. The summed E-state index contributed by atoms with van der Waals surface area (Å²) in [6.07, 6.45) is 1.66. The molecule has 0 fully saturated rings. The van der Waals surface area contributed by atoms with E-state index in [4.69, 9.17) is 4.74 Å². The summed E-state index contributed by atoms with van der Waals surface area (Å²) in [6, 6.07) is 20.2. The Bertz CT molecular complexity index is 816. The molecule has 2 aromatic carbocycles. The van der Waals surface area contributed by atoms with Gasteiger partial charge in [-0.1, -0.05) is 30.3 Å². The number of hydrogen-bond donors (Lipinski definition) is 1. The Morgan fingerprint density at radius 1 is 1.00 bits per heavy atom. The number of ether oxygens (including phenoxy) is 1. The Labute approximate surface area is 134 Å². The average molecular weight is 304 g/mol. The first kappa shape index (κ1) is 14.8. The molecule has 1 heterocycles. The summed E-state index contributed by atoms with van der Waals surface area (Å²) in [7, 11) is 0. The van der Waals surface area contributed by atoms with Crippen molar-refractivity contribution in [1.29, 1.82) is 0 Å². The summed E-state index contributed by atoms with van der Waals surface area (Å²) < 4.78 is 5.81. The lowest BCUT2D eigenvalue weighted by Gasteiger charge is -2.11. The van der Waals surface area contributed by atoms with Gasteiger partial charge in [-0.05, 0) is 48.9 Å². The number of rotatable bonds is 4. The Balaban J connectivity index is 1.83. The maximum absolute atomic E-state index is 12.5. The monoisotopic (exact) mass is 304 g/mol. The number of amides is 1. The summed E-state index contributed by atoms with van der Waals surface area (Å²) in [4.78, 5) is 16.7. The summed E-state index contributed by atoms with van der Waals surface area (Å²) in [5, 5.41) is 2.80. The molecular weight excluding hydrogens is 288 g/mol. The van der Waals surface area contributed by atoms with Crippen LogP contribution < -0.4 is 10.1 Å². The fourth-order valence-electron chi connectivity index (χ4n) is 2.15. The zero-order valence-electron chi connectivity index (χ0n) is 12.7. The Kier molecular flexibility index (Phi) is 4.34. The Morgan fingerprint density at radius 3 is 2.52 bits per heavy atom. The normalized spacial score (nSPS) is 10.1. The number of para-hydroxylation sites is 2. The van der Waals surface area contributed by atoms with Crippen molar-refractivity contribution in [1.82, 2.24) is 4.98 Å². The molecule has 1 N–H and O–H groups in total. The first-order chi connectivity index (χ1) is 11.2. The van der Waals surface area contributed by atoms with Crippen LogP contribution in [0.3, 0.4) is 0 Å². The van der Waals surface area contributed by atoms with Crippen molar-refractivity contribution in [3.63, 3.8) is 0 Å². The number of carbonyl (C=O) groups excluding carboxylic acids is 1. The number of aromatic nitrogens is 1. The molecule has 0 unspecified atom stereocenters. The van der Waals surface area contributed by atoms with E-state index >= 15 is 0 Å². The molecule has 0 radical (unpaired) electrons. The van der Waals surface area contributed by atoms with Gasteiger partial charge >= 0.3 is 0 Å². The molecule has 3 aromatic rings. The van der Waals surface area contributed by atoms with Crippen molar-refractivity contribution in [3.05, 3.63) is 84.1 Å². The predicted octanol–water partition coefficient (Wildman–Crippen LogP) is 4.43. The second kappa shape index (κ2) is 6.75. The number of hydrogen-bond acceptors (Lipinski definition) is 3. The van der Waals surface area contributed by atoms with Gasteiger partial charge in [-0.15, -0.1) is 0 Å². The van der Waals surface area contributed by atoms with Gasteiger partial charge in [-0.25, -0.2) is 4.98 Å². The van der Waals surface area contributed by atoms with Crippen LogP contribution in [-0.2, 0) is 0 Å². The highest BCUT2D eigenvalue weighted by Gasteiger charge is 2.13. The maximum atomic E-state index is 12.5. The standard InChI is InChI=1S/C19H16N2O2/c1-14-11-12-20-18(13-14)21-19(22)16-9-5-6-10-17(16)23-15-7-3-2-4-8-15/h2-13H,1H3,(H,20,21,22). The molecule has 4 nitrogen and oxygen atoms in total. The first-order valence-corrected chi connectivity index (χ1v) is 7.28. The third kappa shape index (κ3) is 3.74. The van der Waals surface area contributed by atoms with E-state index in [1.807, 2.05) is 55.5 Å². The largest absolute Gasteiger partial charge is 0.457 e. The minimum atomic E-state index is -0.255. The number of aryl methyl sites for hydroxylation is 1. The van der Waals surface area contributed by atoms with Crippen LogP contribution in [0.15, 0.2) is 72.9 Å². The van der Waals surface area contributed by atoms with Gasteiger partial charge in [0.1, 0.15) is 17.3 Å². The van der Waals surface area contributed by atoms with Crippen LogP contribution in [0.5, 0.6) is 11.5 Å². The lowest BCUT2D eigenvalue weighted by atomic mass is 10.2. The maximum Gasteiger partial charge on any atom is 0.260 e. The van der Waals surface area contributed by atoms with Crippen molar-refractivity contribution >= 4 is 11.7 Å². The summed E-state index contributed by atoms with van der Waals surface area (Å²) in [5.41, 5.74) is 1.49. The Hall–Kier alpha value is -3.14. The number of nitrogens with zero attached hydrogens (tertiary/aromatic N) is 1. The van der Waals surface area contributed by atoms with Crippen molar-refractivity contribution in [2.24, 2.45) is 0 Å². The zero-order valence-corrected chi connectivity index (χ0v) is 12.7. The molecule has 0 aliphatic carbocycles. The van der Waals surface area contributed by atoms with E-state index in [-0.39, 0.29) is 5.91 Å². The molecule has 4 heteroatoms. The predicted molar refractivity (Wildman–Crippen MR) is 89.9 cm³/mol. The van der Waals surface area contributed by atoms with Crippen molar-refractivity contribution < 1.29 is 9.53 Å². The SMILES string of the molecule is Cc1ccnc(NC(=O)c2ccccc2Oc2ccccc2)c1. The first-order valence-electron chi connectivity index (χ1n) is 7.28. The summed E-state index contributed by atoms with van der Waals surface area (Å²) >= 11 is 0. The van der Waals surface area contributed by atoms with Crippen LogP contribution in [0.1, 0.15) is 15.9 Å². The average Bonchev–Trinajstić information content (AvgIpc) is 2.56. The molecular formula is C19H16N2O2. The fourth-order valence-corrected chi connectivity index (χ4v) is 2.15. The minimum absolute atomic E-state index is 0.255. The number of nitrogens with one attached hydrogen (secondary N) is 1. The van der Waals surface area contributed by atoms with Crippen LogP contribution in [0.2, 0.25) is 0 Å². The molecule has 1 aromatic heterocycles. The molecule has 0 bridgehead atoms. The summed E-state index contributed by atoms with van der Waals surface area (Å²) in [6.45, 7) is 1.95. The van der Waals surface area contributed by atoms with Crippen LogP contribution in [-0.4, -0.2) is 10.9 Å². The summed E-state index contributed by atoms with van der Waals surface area (Å²) in [5.74, 6) is 1.45. The van der Waals surface area contributed by atoms with E-state index in [0.717, 1.165) is 5.56 Å². The number of carbonyl (C=O) groups is 1. The van der Waals surface area contributed by atoms with E-state index in [0.29, 0.717) is 22.9 Å². The zero-order chi connectivity index (χ0) is 16.1. The number of benzene rings is 2. The highest BCUT2D eigenvalue weighted by atomic mass is 16.5. The van der Waals surface area contributed by atoms with E-state index in [1.165, 1.54) is 0 Å². The van der Waals surface area contributed by atoms with Crippen molar-refractivity contribution in [2.75, 3.05) is 5.32 Å². The number of pyridine rings is 1. The van der Waals surface area contributed by atoms with Crippen LogP contribution in [0, 0.1) is 6.92 Å². The minimum Gasteiger partial charge on any atom is -0.457 e. The third-order valence-electron chi connectivity index (χ3n) is 3.26. The van der Waals surface area contributed by atoms with Gasteiger partial charge in [-0.3, -0.25) is 4.79 Å². The molecule has 0 aliphatic heterocycles. The number of anilines is 1. The van der Waals surface area contributed by atoms with Gasteiger partial charge in [-0.2, -0.15) is 0 Å². The van der Waals surface area contributed by atoms with Crippen LogP contribution in [0.4, 0.5) is 5.82 Å². The van der Waals surface area contributed by atoms with Crippen molar-refractivity contribution in [2.45, 2.75) is 6.92 Å². The van der Waals surface area contributed by atoms with Crippen LogP contribution in [0.25, 0.3) is 0 Å². The Morgan fingerprint density at radius 2 is 1.74 bits per heavy atom. The second-order valence-corrected chi connectivity index (χ2v) is 5.08. The van der Waals surface area contributed by atoms with E-state index in [9.17, 15) is 4.79 Å². The van der Waals surface area contributed by atoms with Gasteiger partial charge in [0.25, 0.3) is 5.91 Å². The molecule has 0 spiro atoms. The van der Waals surface area contributed by atoms with Crippen LogP contribution >= 0.6 is 0 Å². The third-order valence-corrected chi connectivity index (χ3v) is 3.26. The second-order valence-electron chi connectivity index (χ2n) is 5.08. The van der Waals surface area contributed by atoms with Gasteiger partial charge < -0.3 is 10.1 Å². The molecule has 0 aliphatic rings. The topological polar surface area (TPSA) is 51.2 Å².